The molecule has 100 valence electrons. The summed E-state index contributed by atoms with van der Waals surface area (Å²) in [5, 5.41) is 12.5. The van der Waals surface area contributed by atoms with Crippen LogP contribution in [0, 0.1) is 19.8 Å². The van der Waals surface area contributed by atoms with Crippen LogP contribution in [0.4, 0.5) is 0 Å². The molecule has 0 spiro atoms. The molecule has 1 aromatic heterocycles. The summed E-state index contributed by atoms with van der Waals surface area (Å²) in [6, 6.07) is 0. The molecule has 1 saturated heterocycles. The largest absolute Gasteiger partial charge is 0.481 e. The van der Waals surface area contributed by atoms with E-state index in [0.717, 1.165) is 0 Å². The molecule has 0 radical (unpaired) electrons. The quantitative estimate of drug-likeness (QED) is 0.855. The number of hydrogen-bond donors (Lipinski definition) is 1. The Bertz CT molecular complexity index is 558. The number of nitrogens with zero attached hydrogens (tertiary/aromatic N) is 2. The third-order valence-electron chi connectivity index (χ3n) is 3.07. The summed E-state index contributed by atoms with van der Waals surface area (Å²) in [4.78, 5) is 10.9. The van der Waals surface area contributed by atoms with Crippen molar-refractivity contribution in [2.24, 2.45) is 5.92 Å². The van der Waals surface area contributed by atoms with Gasteiger partial charge < -0.3 is 9.63 Å². The average Bonchev–Trinajstić information content (AvgIpc) is 2.85. The maximum Gasteiger partial charge on any atom is 0.307 e. The molecule has 1 fully saturated rings. The van der Waals surface area contributed by atoms with Crippen molar-refractivity contribution in [1.29, 1.82) is 0 Å². The number of carboxylic acid groups (broad SMARTS) is 1. The molecule has 0 aromatic carbocycles. The van der Waals surface area contributed by atoms with Gasteiger partial charge in [0.15, 0.2) is 5.76 Å². The Hall–Kier alpha value is -1.41. The highest BCUT2D eigenvalue weighted by Gasteiger charge is 2.38. The maximum absolute atomic E-state index is 12.3. The first-order chi connectivity index (χ1) is 8.34. The van der Waals surface area contributed by atoms with E-state index < -0.39 is 21.9 Å². The summed E-state index contributed by atoms with van der Waals surface area (Å²) in [6.45, 7) is 3.29. The fourth-order valence-corrected chi connectivity index (χ4v) is 3.91. The van der Waals surface area contributed by atoms with Crippen LogP contribution in [0.25, 0.3) is 0 Å². The molecule has 8 heteroatoms. The van der Waals surface area contributed by atoms with Gasteiger partial charge in [-0.1, -0.05) is 5.16 Å². The number of hydrogen-bond acceptors (Lipinski definition) is 5. The second-order valence-corrected chi connectivity index (χ2v) is 6.21. The third kappa shape index (κ3) is 2.01. The van der Waals surface area contributed by atoms with E-state index in [1.165, 1.54) is 11.2 Å². The van der Waals surface area contributed by atoms with Crippen LogP contribution in [0.1, 0.15) is 17.9 Å². The van der Waals surface area contributed by atoms with Crippen molar-refractivity contribution in [1.82, 2.24) is 9.46 Å². The summed E-state index contributed by atoms with van der Waals surface area (Å²) < 4.78 is 30.7. The van der Waals surface area contributed by atoms with Crippen molar-refractivity contribution in [3.63, 3.8) is 0 Å². The molecular weight excluding hydrogens is 260 g/mol. The van der Waals surface area contributed by atoms with Crippen LogP contribution >= 0.6 is 0 Å². The van der Waals surface area contributed by atoms with Gasteiger partial charge in [-0.05, 0) is 20.3 Å². The fraction of sp³-hybridized carbons (Fsp3) is 0.600. The first kappa shape index (κ1) is 13.0. The third-order valence-corrected chi connectivity index (χ3v) is 5.18. The van der Waals surface area contributed by atoms with Crippen LogP contribution < -0.4 is 0 Å². The molecule has 1 aliphatic rings. The van der Waals surface area contributed by atoms with Crippen LogP contribution in [-0.4, -0.2) is 42.0 Å². The number of carboxylic acids is 1. The zero-order valence-electron chi connectivity index (χ0n) is 10.1. The van der Waals surface area contributed by atoms with Gasteiger partial charge in [0.1, 0.15) is 10.6 Å². The van der Waals surface area contributed by atoms with E-state index >= 15 is 0 Å². The molecular formula is C10H14N2O5S. The summed E-state index contributed by atoms with van der Waals surface area (Å²) in [7, 11) is -3.71. The standard InChI is InChI=1S/C10H14N2O5S/c1-6-9(7(2)17-11-6)18(15,16)12-4-3-8(5-12)10(13)14/h8H,3-5H2,1-2H3,(H,13,14)/t8-/m0/s1. The molecule has 1 atom stereocenters. The lowest BCUT2D eigenvalue weighted by molar-refractivity contribution is -0.141. The van der Waals surface area contributed by atoms with Crippen LogP contribution in [0.3, 0.4) is 0 Å². The lowest BCUT2D eigenvalue weighted by Gasteiger charge is -2.15. The molecule has 0 amide bonds. The fourth-order valence-electron chi connectivity index (χ4n) is 2.12. The Morgan fingerprint density at radius 3 is 2.61 bits per heavy atom. The predicted octanol–water partition coefficient (Wildman–Crippen LogP) is 0.387. The molecule has 2 heterocycles. The van der Waals surface area contributed by atoms with Gasteiger partial charge in [-0.25, -0.2) is 8.42 Å². The zero-order chi connectivity index (χ0) is 13.5. The van der Waals surface area contributed by atoms with Crippen LogP contribution in [0.2, 0.25) is 0 Å². The molecule has 1 aromatic rings. The molecule has 18 heavy (non-hydrogen) atoms. The molecule has 2 rings (SSSR count). The Morgan fingerprint density at radius 2 is 2.17 bits per heavy atom. The van der Waals surface area contributed by atoms with E-state index in [-0.39, 0.29) is 23.7 Å². The minimum Gasteiger partial charge on any atom is -0.481 e. The van der Waals surface area contributed by atoms with E-state index in [2.05, 4.69) is 5.16 Å². The number of aromatic nitrogens is 1. The summed E-state index contributed by atoms with van der Waals surface area (Å²) in [5.74, 6) is -1.38. The van der Waals surface area contributed by atoms with E-state index in [0.29, 0.717) is 12.1 Å². The topological polar surface area (TPSA) is 101 Å². The van der Waals surface area contributed by atoms with Gasteiger partial charge in [0.05, 0.1) is 5.92 Å². The predicted molar refractivity (Wildman–Crippen MR) is 60.5 cm³/mol. The average molecular weight is 274 g/mol. The van der Waals surface area contributed by atoms with Gasteiger partial charge in [0.25, 0.3) is 0 Å². The SMILES string of the molecule is Cc1noc(C)c1S(=O)(=O)N1CC[C@H](C(=O)O)C1. The van der Waals surface area contributed by atoms with Gasteiger partial charge in [-0.2, -0.15) is 4.31 Å². The van der Waals surface area contributed by atoms with Gasteiger partial charge in [0, 0.05) is 13.1 Å². The molecule has 0 bridgehead atoms. The normalized spacial score (nSPS) is 21.3. The van der Waals surface area contributed by atoms with Gasteiger partial charge >= 0.3 is 5.97 Å². The van der Waals surface area contributed by atoms with Crippen molar-refractivity contribution in [2.45, 2.75) is 25.2 Å². The highest BCUT2D eigenvalue weighted by Crippen LogP contribution is 2.28. The molecule has 1 N–H and O–H groups in total. The number of aryl methyl sites for hydroxylation is 2. The number of carbonyl (C=O) groups is 1. The molecule has 0 aliphatic carbocycles. The Balaban J connectivity index is 2.32. The van der Waals surface area contributed by atoms with Crippen LogP contribution in [0.15, 0.2) is 9.42 Å². The monoisotopic (exact) mass is 274 g/mol. The van der Waals surface area contributed by atoms with Crippen molar-refractivity contribution in [3.8, 4) is 0 Å². The van der Waals surface area contributed by atoms with Gasteiger partial charge in [-0.3, -0.25) is 4.79 Å². The van der Waals surface area contributed by atoms with Crippen LogP contribution in [0.5, 0.6) is 0 Å². The highest BCUT2D eigenvalue weighted by atomic mass is 32.2. The van der Waals surface area contributed by atoms with E-state index in [1.807, 2.05) is 0 Å². The lowest BCUT2D eigenvalue weighted by Crippen LogP contribution is -2.30. The van der Waals surface area contributed by atoms with Gasteiger partial charge in [0.2, 0.25) is 10.0 Å². The Morgan fingerprint density at radius 1 is 1.50 bits per heavy atom. The molecule has 0 unspecified atom stereocenters. The highest BCUT2D eigenvalue weighted by molar-refractivity contribution is 7.89. The summed E-state index contributed by atoms with van der Waals surface area (Å²) in [6.07, 6.45) is 0.331. The number of rotatable bonds is 3. The Kier molecular flexibility index (Phi) is 3.16. The second kappa shape index (κ2) is 4.36. The zero-order valence-corrected chi connectivity index (χ0v) is 10.9. The molecule has 0 saturated carbocycles. The van der Waals surface area contributed by atoms with Gasteiger partial charge in [-0.15, -0.1) is 0 Å². The van der Waals surface area contributed by atoms with Crippen molar-refractivity contribution in [3.05, 3.63) is 11.5 Å². The first-order valence-corrected chi connectivity index (χ1v) is 6.94. The lowest BCUT2D eigenvalue weighted by atomic mass is 10.1. The first-order valence-electron chi connectivity index (χ1n) is 5.50. The smallest absolute Gasteiger partial charge is 0.307 e. The minimum absolute atomic E-state index is 0.00171. The molecule has 7 nitrogen and oxygen atoms in total. The second-order valence-electron chi connectivity index (χ2n) is 4.34. The maximum atomic E-state index is 12.3. The van der Waals surface area contributed by atoms with E-state index in [9.17, 15) is 13.2 Å². The van der Waals surface area contributed by atoms with Crippen molar-refractivity contribution < 1.29 is 22.8 Å². The number of aliphatic carboxylic acids is 1. The van der Waals surface area contributed by atoms with Crippen molar-refractivity contribution in [2.75, 3.05) is 13.1 Å². The summed E-state index contributed by atoms with van der Waals surface area (Å²) >= 11 is 0. The minimum atomic E-state index is -3.71. The van der Waals surface area contributed by atoms with E-state index in [4.69, 9.17) is 9.63 Å². The Labute approximate surface area is 104 Å². The van der Waals surface area contributed by atoms with Crippen LogP contribution in [-0.2, 0) is 14.8 Å². The van der Waals surface area contributed by atoms with Crippen molar-refractivity contribution >= 4 is 16.0 Å². The molecule has 1 aliphatic heterocycles. The summed E-state index contributed by atoms with van der Waals surface area (Å²) in [5.41, 5.74) is 0.297. The van der Waals surface area contributed by atoms with E-state index in [1.54, 1.807) is 6.92 Å². The number of sulfonamides is 1.